The largest absolute Gasteiger partial charge is 0.384 e. The fourth-order valence-corrected chi connectivity index (χ4v) is 4.14. The van der Waals surface area contributed by atoms with Gasteiger partial charge >= 0.3 is 0 Å². The van der Waals surface area contributed by atoms with Gasteiger partial charge in [-0.25, -0.2) is 9.97 Å². The number of carbonyl (C=O) groups is 1. The van der Waals surface area contributed by atoms with Gasteiger partial charge in [0.05, 0.1) is 11.6 Å². The summed E-state index contributed by atoms with van der Waals surface area (Å²) in [6, 6.07) is 19.5. The van der Waals surface area contributed by atoms with Gasteiger partial charge in [-0.3, -0.25) is 4.79 Å². The highest BCUT2D eigenvalue weighted by Crippen LogP contribution is 2.30. The van der Waals surface area contributed by atoms with Crippen LogP contribution >= 0.6 is 0 Å². The molecule has 1 unspecified atom stereocenters. The number of primary amides is 1. The van der Waals surface area contributed by atoms with Gasteiger partial charge in [0.25, 0.3) is 0 Å². The van der Waals surface area contributed by atoms with Gasteiger partial charge < -0.3 is 26.8 Å². The summed E-state index contributed by atoms with van der Waals surface area (Å²) in [7, 11) is 0. The van der Waals surface area contributed by atoms with Gasteiger partial charge in [-0.2, -0.15) is 0 Å². The number of rotatable bonds is 7. The van der Waals surface area contributed by atoms with Crippen molar-refractivity contribution < 1.29 is 4.79 Å². The average molecular weight is 440 g/mol. The van der Waals surface area contributed by atoms with Crippen LogP contribution in [0.15, 0.2) is 60.7 Å². The third-order valence-corrected chi connectivity index (χ3v) is 5.75. The molecule has 0 saturated heterocycles. The number of hydrogen-bond donors (Lipinski definition) is 5. The van der Waals surface area contributed by atoms with Crippen LogP contribution in [0.3, 0.4) is 0 Å². The van der Waals surface area contributed by atoms with Crippen molar-refractivity contribution in [3.05, 3.63) is 77.6 Å². The molecule has 8 heteroatoms. The number of nitrogen functional groups attached to an aromatic ring is 1. The van der Waals surface area contributed by atoms with Crippen LogP contribution in [0.5, 0.6) is 0 Å². The number of nitrogens with zero attached hydrogens (tertiary/aromatic N) is 2. The van der Waals surface area contributed by atoms with Crippen LogP contribution in [0.1, 0.15) is 17.0 Å². The Bertz CT molecular complexity index is 1450. The maximum atomic E-state index is 12.0. The SMILES string of the molecule is Cc1nc2nc(N)cc(-c3cc4cc(CNC(Cc5ccccc5)C(N)=O)ccc4[nH]3)c2[nH]1. The van der Waals surface area contributed by atoms with Crippen LogP contribution < -0.4 is 16.8 Å². The molecule has 5 aromatic rings. The van der Waals surface area contributed by atoms with Gasteiger partial charge in [0, 0.05) is 28.7 Å². The quantitative estimate of drug-likeness (QED) is 0.265. The third-order valence-electron chi connectivity index (χ3n) is 5.75. The Morgan fingerprint density at radius 1 is 1.03 bits per heavy atom. The number of aromatic nitrogens is 4. The van der Waals surface area contributed by atoms with Gasteiger partial charge in [0.1, 0.15) is 11.6 Å². The van der Waals surface area contributed by atoms with Crippen molar-refractivity contribution in [2.75, 3.05) is 5.73 Å². The van der Waals surface area contributed by atoms with Gasteiger partial charge in [0.15, 0.2) is 5.65 Å². The molecule has 33 heavy (non-hydrogen) atoms. The lowest BCUT2D eigenvalue weighted by atomic mass is 10.0. The van der Waals surface area contributed by atoms with Crippen LogP contribution in [-0.2, 0) is 17.8 Å². The topological polar surface area (TPSA) is 138 Å². The molecule has 0 fully saturated rings. The van der Waals surface area contributed by atoms with E-state index in [4.69, 9.17) is 11.5 Å². The van der Waals surface area contributed by atoms with Crippen molar-refractivity contribution >= 4 is 33.8 Å². The van der Waals surface area contributed by atoms with Gasteiger partial charge in [-0.15, -0.1) is 0 Å². The second kappa shape index (κ2) is 8.40. The standard InChI is InChI=1S/C25H25N7O/c1-14-29-23-18(12-22(26)32-25(23)30-14)20-11-17-9-16(7-8-19(17)31-20)13-28-21(24(27)33)10-15-5-3-2-4-6-15/h2-9,11-12,21,28,31H,10,13H2,1H3,(H2,27,33)(H3,26,29,30,32). The molecule has 0 aliphatic carbocycles. The van der Waals surface area contributed by atoms with Crippen molar-refractivity contribution in [3.63, 3.8) is 0 Å². The number of H-pyrrole nitrogens is 2. The second-order valence-electron chi connectivity index (χ2n) is 8.25. The predicted octanol–water partition coefficient (Wildman–Crippen LogP) is 3.18. The molecule has 3 heterocycles. The summed E-state index contributed by atoms with van der Waals surface area (Å²) in [5.74, 6) is 0.842. The second-order valence-corrected chi connectivity index (χ2v) is 8.25. The van der Waals surface area contributed by atoms with Crippen molar-refractivity contribution in [3.8, 4) is 11.3 Å². The van der Waals surface area contributed by atoms with Gasteiger partial charge in [0.2, 0.25) is 5.91 Å². The molecule has 0 aliphatic heterocycles. The molecule has 166 valence electrons. The number of aromatic amines is 2. The Kier molecular flexibility index (Phi) is 5.27. The molecule has 0 saturated carbocycles. The number of benzene rings is 2. The van der Waals surface area contributed by atoms with Crippen molar-refractivity contribution in [1.29, 1.82) is 0 Å². The highest BCUT2D eigenvalue weighted by atomic mass is 16.1. The minimum Gasteiger partial charge on any atom is -0.384 e. The number of nitrogens with one attached hydrogen (secondary N) is 3. The smallest absolute Gasteiger partial charge is 0.234 e. The lowest BCUT2D eigenvalue weighted by Gasteiger charge is -2.15. The Labute approximate surface area is 190 Å². The minimum atomic E-state index is -0.443. The number of aryl methyl sites for hydroxylation is 1. The van der Waals surface area contributed by atoms with E-state index >= 15 is 0 Å². The summed E-state index contributed by atoms with van der Waals surface area (Å²) in [5, 5.41) is 4.36. The van der Waals surface area contributed by atoms with E-state index in [0.717, 1.165) is 44.6 Å². The molecule has 0 spiro atoms. The first-order chi connectivity index (χ1) is 16.0. The number of fused-ring (bicyclic) bond motifs is 2. The lowest BCUT2D eigenvalue weighted by Crippen LogP contribution is -2.42. The van der Waals surface area contributed by atoms with E-state index < -0.39 is 6.04 Å². The molecule has 0 aliphatic rings. The van der Waals surface area contributed by atoms with Crippen molar-refractivity contribution in [1.82, 2.24) is 25.3 Å². The Morgan fingerprint density at radius 2 is 1.85 bits per heavy atom. The summed E-state index contributed by atoms with van der Waals surface area (Å²) in [6.07, 6.45) is 0.551. The Morgan fingerprint density at radius 3 is 2.64 bits per heavy atom. The molecule has 5 rings (SSSR count). The predicted molar refractivity (Wildman–Crippen MR) is 130 cm³/mol. The zero-order valence-corrected chi connectivity index (χ0v) is 18.2. The van der Waals surface area contributed by atoms with Crippen LogP contribution in [-0.4, -0.2) is 31.9 Å². The van der Waals surface area contributed by atoms with Crippen LogP contribution in [0.4, 0.5) is 5.82 Å². The fraction of sp³-hybridized carbons (Fsp3) is 0.160. The number of hydrogen-bond acceptors (Lipinski definition) is 5. The van der Waals surface area contributed by atoms with Crippen LogP contribution in [0.2, 0.25) is 0 Å². The lowest BCUT2D eigenvalue weighted by molar-refractivity contribution is -0.120. The molecular weight excluding hydrogens is 414 g/mol. The van der Waals surface area contributed by atoms with E-state index in [1.54, 1.807) is 0 Å². The molecule has 1 atom stereocenters. The Balaban J connectivity index is 1.39. The van der Waals surface area contributed by atoms with Crippen molar-refractivity contribution in [2.24, 2.45) is 5.73 Å². The van der Waals surface area contributed by atoms with E-state index in [9.17, 15) is 4.79 Å². The Hall–Kier alpha value is -4.17. The fourth-order valence-electron chi connectivity index (χ4n) is 4.14. The normalized spacial score (nSPS) is 12.4. The number of nitrogens with two attached hydrogens (primary N) is 2. The molecule has 7 N–H and O–H groups in total. The molecule has 3 aromatic heterocycles. The van der Waals surface area contributed by atoms with Crippen LogP contribution in [0, 0.1) is 6.92 Å². The summed E-state index contributed by atoms with van der Waals surface area (Å²) >= 11 is 0. The average Bonchev–Trinajstić information content (AvgIpc) is 3.38. The van der Waals surface area contributed by atoms with Gasteiger partial charge in [-0.1, -0.05) is 36.4 Å². The summed E-state index contributed by atoms with van der Waals surface area (Å²) in [5.41, 5.74) is 18.1. The number of amides is 1. The van der Waals surface area contributed by atoms with E-state index in [0.29, 0.717) is 24.4 Å². The van der Waals surface area contributed by atoms with Crippen LogP contribution in [0.25, 0.3) is 33.3 Å². The zero-order chi connectivity index (χ0) is 22.9. The zero-order valence-electron chi connectivity index (χ0n) is 18.2. The molecule has 0 bridgehead atoms. The van der Waals surface area contributed by atoms with E-state index in [1.807, 2.05) is 55.5 Å². The first kappa shape index (κ1) is 20.7. The summed E-state index contributed by atoms with van der Waals surface area (Å²) in [4.78, 5) is 27.4. The maximum Gasteiger partial charge on any atom is 0.234 e. The molecule has 0 radical (unpaired) electrons. The molecule has 8 nitrogen and oxygen atoms in total. The molecule has 2 aromatic carbocycles. The summed E-state index contributed by atoms with van der Waals surface area (Å²) in [6.45, 7) is 2.42. The molecular formula is C25H25N7O. The maximum absolute atomic E-state index is 12.0. The first-order valence-corrected chi connectivity index (χ1v) is 10.8. The van der Waals surface area contributed by atoms with E-state index in [-0.39, 0.29) is 5.91 Å². The van der Waals surface area contributed by atoms with E-state index in [1.165, 1.54) is 0 Å². The first-order valence-electron chi connectivity index (χ1n) is 10.8. The number of carbonyl (C=O) groups excluding carboxylic acids is 1. The van der Waals surface area contributed by atoms with E-state index in [2.05, 4.69) is 37.4 Å². The molecule has 1 amide bonds. The summed E-state index contributed by atoms with van der Waals surface area (Å²) < 4.78 is 0. The number of pyridine rings is 1. The van der Waals surface area contributed by atoms with Gasteiger partial charge in [-0.05, 0) is 48.7 Å². The number of anilines is 1. The monoisotopic (exact) mass is 439 g/mol. The minimum absolute atomic E-state index is 0.363. The highest BCUT2D eigenvalue weighted by molar-refractivity contribution is 5.95. The van der Waals surface area contributed by atoms with Crippen molar-refractivity contribution in [2.45, 2.75) is 25.9 Å². The third kappa shape index (κ3) is 4.28. The highest BCUT2D eigenvalue weighted by Gasteiger charge is 2.16. The number of imidazole rings is 1.